The number of nitrogens with zero attached hydrogens (tertiary/aromatic N) is 1. The molecule has 2 rings (SSSR count). The van der Waals surface area contributed by atoms with E-state index in [0.717, 1.165) is 4.31 Å². The van der Waals surface area contributed by atoms with Gasteiger partial charge in [0.25, 0.3) is 0 Å². The highest BCUT2D eigenvalue weighted by molar-refractivity contribution is 7.89. The molecule has 1 fully saturated rings. The maximum atomic E-state index is 12.6. The van der Waals surface area contributed by atoms with Crippen molar-refractivity contribution in [2.75, 3.05) is 19.6 Å². The molecule has 1 atom stereocenters. The minimum absolute atomic E-state index is 0.0112. The molecule has 6 nitrogen and oxygen atoms in total. The number of benzene rings is 1. The average Bonchev–Trinajstić information content (AvgIpc) is 2.41. The lowest BCUT2D eigenvalue weighted by Crippen LogP contribution is -2.56. The lowest BCUT2D eigenvalue weighted by atomic mass is 10.2. The molecule has 9 heteroatoms. The molecule has 0 aromatic heterocycles. The highest BCUT2D eigenvalue weighted by Crippen LogP contribution is 2.29. The molecule has 1 aliphatic heterocycles. The van der Waals surface area contributed by atoms with Crippen molar-refractivity contribution in [1.29, 1.82) is 0 Å². The van der Waals surface area contributed by atoms with E-state index in [2.05, 4.69) is 5.32 Å². The van der Waals surface area contributed by atoms with E-state index in [1.165, 1.54) is 18.2 Å². The van der Waals surface area contributed by atoms with Crippen LogP contribution in [-0.4, -0.2) is 49.5 Å². The number of carbonyl (C=O) groups is 1. The zero-order valence-corrected chi connectivity index (χ0v) is 12.5. The normalized spacial score (nSPS) is 20.8. The largest absolute Gasteiger partial charge is 0.480 e. The molecule has 1 heterocycles. The Hall–Kier alpha value is -0.860. The molecule has 0 radical (unpaired) electrons. The van der Waals surface area contributed by atoms with Gasteiger partial charge in [-0.25, -0.2) is 8.42 Å². The summed E-state index contributed by atoms with van der Waals surface area (Å²) in [4.78, 5) is 11.0. The second kappa shape index (κ2) is 5.87. The SMILES string of the molecule is O=C(O)C1CNCCN1S(=O)(=O)c1cc(Cl)ccc1Cl. The first-order chi connectivity index (χ1) is 9.34. The molecule has 20 heavy (non-hydrogen) atoms. The Bertz CT molecular complexity index is 635. The molecule has 1 aromatic carbocycles. The molecule has 110 valence electrons. The molecule has 0 spiro atoms. The molecule has 0 bridgehead atoms. The van der Waals surface area contributed by atoms with Crippen molar-refractivity contribution in [2.45, 2.75) is 10.9 Å². The van der Waals surface area contributed by atoms with E-state index in [9.17, 15) is 13.2 Å². The van der Waals surface area contributed by atoms with Gasteiger partial charge in [0, 0.05) is 24.7 Å². The molecule has 2 N–H and O–H groups in total. The molecule has 0 aliphatic carbocycles. The third kappa shape index (κ3) is 2.91. The molecule has 0 saturated carbocycles. The number of halogens is 2. The minimum atomic E-state index is -4.01. The predicted octanol–water partition coefficient (Wildman–Crippen LogP) is 1.04. The highest BCUT2D eigenvalue weighted by Gasteiger charge is 2.38. The molecule has 0 amide bonds. The van der Waals surface area contributed by atoms with Crippen LogP contribution in [0.15, 0.2) is 23.1 Å². The van der Waals surface area contributed by atoms with Gasteiger partial charge in [-0.2, -0.15) is 4.31 Å². The monoisotopic (exact) mass is 338 g/mol. The van der Waals surface area contributed by atoms with Crippen LogP contribution >= 0.6 is 23.2 Å². The number of hydrogen-bond acceptors (Lipinski definition) is 4. The van der Waals surface area contributed by atoms with Crippen molar-refractivity contribution in [3.8, 4) is 0 Å². The zero-order chi connectivity index (χ0) is 14.9. The lowest BCUT2D eigenvalue weighted by molar-refractivity contribution is -0.141. The summed E-state index contributed by atoms with van der Waals surface area (Å²) in [5.41, 5.74) is 0. The number of carboxylic acids is 1. The molecule has 1 saturated heterocycles. The van der Waals surface area contributed by atoms with Crippen molar-refractivity contribution in [3.63, 3.8) is 0 Å². The summed E-state index contributed by atoms with van der Waals surface area (Å²) in [5, 5.41) is 12.2. The van der Waals surface area contributed by atoms with Crippen LogP contribution in [0.1, 0.15) is 0 Å². The second-order valence-corrected chi connectivity index (χ2v) is 6.95. The summed E-state index contributed by atoms with van der Waals surface area (Å²) in [5.74, 6) is -1.21. The Morgan fingerprint density at radius 3 is 2.75 bits per heavy atom. The van der Waals surface area contributed by atoms with E-state index in [-0.39, 0.29) is 28.0 Å². The van der Waals surface area contributed by atoms with Crippen LogP contribution in [0.25, 0.3) is 0 Å². The van der Waals surface area contributed by atoms with Gasteiger partial charge in [-0.05, 0) is 18.2 Å². The fraction of sp³-hybridized carbons (Fsp3) is 0.364. The molecule has 1 aromatic rings. The lowest BCUT2D eigenvalue weighted by Gasteiger charge is -2.32. The van der Waals surface area contributed by atoms with Crippen LogP contribution in [0.4, 0.5) is 0 Å². The molecule has 1 unspecified atom stereocenters. The number of sulfonamides is 1. The number of nitrogens with one attached hydrogen (secondary N) is 1. The maximum Gasteiger partial charge on any atom is 0.323 e. The fourth-order valence-corrected chi connectivity index (χ4v) is 4.31. The van der Waals surface area contributed by atoms with Crippen LogP contribution in [0, 0.1) is 0 Å². The topological polar surface area (TPSA) is 86.7 Å². The first-order valence-electron chi connectivity index (χ1n) is 5.74. The number of piperazine rings is 1. The molecular weight excluding hydrogens is 327 g/mol. The van der Waals surface area contributed by atoms with E-state index in [1.54, 1.807) is 0 Å². The predicted molar refractivity (Wildman–Crippen MR) is 74.6 cm³/mol. The number of hydrogen-bond donors (Lipinski definition) is 2. The van der Waals surface area contributed by atoms with Gasteiger partial charge >= 0.3 is 5.97 Å². The van der Waals surface area contributed by atoms with Crippen LogP contribution in [0.3, 0.4) is 0 Å². The van der Waals surface area contributed by atoms with E-state index in [1.807, 2.05) is 0 Å². The van der Waals surface area contributed by atoms with Crippen molar-refractivity contribution < 1.29 is 18.3 Å². The van der Waals surface area contributed by atoms with Crippen LogP contribution < -0.4 is 5.32 Å². The van der Waals surface area contributed by atoms with E-state index in [4.69, 9.17) is 28.3 Å². The summed E-state index contributed by atoms with van der Waals surface area (Å²) < 4.78 is 26.1. The Morgan fingerprint density at radius 2 is 2.10 bits per heavy atom. The fourth-order valence-electron chi connectivity index (χ4n) is 1.99. The van der Waals surface area contributed by atoms with Gasteiger partial charge in [0.1, 0.15) is 10.9 Å². The van der Waals surface area contributed by atoms with E-state index in [0.29, 0.717) is 6.54 Å². The Labute approximate surface area is 126 Å². The molecular formula is C11H12Cl2N2O4S. The van der Waals surface area contributed by atoms with E-state index >= 15 is 0 Å². The third-order valence-corrected chi connectivity index (χ3v) is 5.58. The highest BCUT2D eigenvalue weighted by atomic mass is 35.5. The third-order valence-electron chi connectivity index (χ3n) is 2.96. The first kappa shape index (κ1) is 15.5. The number of rotatable bonds is 3. The summed E-state index contributed by atoms with van der Waals surface area (Å²) >= 11 is 11.7. The van der Waals surface area contributed by atoms with Gasteiger partial charge in [0.05, 0.1) is 5.02 Å². The summed E-state index contributed by atoms with van der Waals surface area (Å²) in [6.45, 7) is 0.482. The van der Waals surface area contributed by atoms with Gasteiger partial charge in [-0.3, -0.25) is 4.79 Å². The summed E-state index contributed by atoms with van der Waals surface area (Å²) in [7, 11) is -4.01. The Balaban J connectivity index is 2.47. The van der Waals surface area contributed by atoms with E-state index < -0.39 is 22.0 Å². The first-order valence-corrected chi connectivity index (χ1v) is 7.94. The zero-order valence-electron chi connectivity index (χ0n) is 10.2. The van der Waals surface area contributed by atoms with Gasteiger partial charge in [0.15, 0.2) is 0 Å². The second-order valence-electron chi connectivity index (χ2n) is 4.25. The maximum absolute atomic E-state index is 12.6. The smallest absolute Gasteiger partial charge is 0.323 e. The van der Waals surface area contributed by atoms with Gasteiger partial charge < -0.3 is 10.4 Å². The standard InChI is InChI=1S/C11H12Cl2N2O4S/c12-7-1-2-8(13)10(5-7)20(18,19)15-4-3-14-6-9(15)11(16)17/h1-2,5,9,14H,3-4,6H2,(H,16,17). The number of aliphatic carboxylic acids is 1. The van der Waals surface area contributed by atoms with Gasteiger partial charge in [-0.15, -0.1) is 0 Å². The Morgan fingerprint density at radius 1 is 1.40 bits per heavy atom. The summed E-state index contributed by atoms with van der Waals surface area (Å²) in [6, 6.07) is 2.90. The van der Waals surface area contributed by atoms with Crippen molar-refractivity contribution >= 4 is 39.2 Å². The van der Waals surface area contributed by atoms with Crippen molar-refractivity contribution in [2.24, 2.45) is 0 Å². The number of carboxylic acid groups (broad SMARTS) is 1. The Kier molecular flexibility index (Phi) is 4.55. The molecule has 1 aliphatic rings. The average molecular weight is 339 g/mol. The summed E-state index contributed by atoms with van der Waals surface area (Å²) in [6.07, 6.45) is 0. The van der Waals surface area contributed by atoms with Crippen LogP contribution in [0.2, 0.25) is 10.0 Å². The quantitative estimate of drug-likeness (QED) is 0.859. The minimum Gasteiger partial charge on any atom is -0.480 e. The van der Waals surface area contributed by atoms with Crippen LogP contribution in [0.5, 0.6) is 0 Å². The van der Waals surface area contributed by atoms with Crippen LogP contribution in [-0.2, 0) is 14.8 Å². The van der Waals surface area contributed by atoms with Crippen molar-refractivity contribution in [1.82, 2.24) is 9.62 Å². The van der Waals surface area contributed by atoms with Gasteiger partial charge in [-0.1, -0.05) is 23.2 Å². The van der Waals surface area contributed by atoms with Gasteiger partial charge in [0.2, 0.25) is 10.0 Å². The van der Waals surface area contributed by atoms with Crippen molar-refractivity contribution in [3.05, 3.63) is 28.2 Å².